The van der Waals surface area contributed by atoms with E-state index in [1.165, 1.54) is 6.07 Å². The first kappa shape index (κ1) is 23.7. The molecule has 2 unspecified atom stereocenters. The molecule has 0 radical (unpaired) electrons. The van der Waals surface area contributed by atoms with Gasteiger partial charge in [0.2, 0.25) is 0 Å². The number of benzene rings is 1. The maximum atomic E-state index is 13.8. The van der Waals surface area contributed by atoms with Gasteiger partial charge in [0.1, 0.15) is 36.2 Å². The van der Waals surface area contributed by atoms with Crippen molar-refractivity contribution >= 4 is 17.4 Å². The van der Waals surface area contributed by atoms with Gasteiger partial charge in [0.25, 0.3) is 0 Å². The quantitative estimate of drug-likeness (QED) is 0.249. The van der Waals surface area contributed by atoms with E-state index in [9.17, 15) is 14.6 Å². The van der Waals surface area contributed by atoms with Gasteiger partial charge in [-0.3, -0.25) is 15.6 Å². The molecule has 3 aliphatic heterocycles. The first-order valence-corrected chi connectivity index (χ1v) is 11.1. The van der Waals surface area contributed by atoms with Crippen LogP contribution < -0.4 is 21.7 Å². The van der Waals surface area contributed by atoms with Crippen molar-refractivity contribution in [3.8, 4) is 0 Å². The Bertz CT molecular complexity index is 834. The predicted molar refractivity (Wildman–Crippen MR) is 118 cm³/mol. The topological polar surface area (TPSA) is 131 Å². The second kappa shape index (κ2) is 10.2. The predicted octanol–water partition coefficient (Wildman–Crippen LogP) is -1.58. The minimum atomic E-state index is -1.04. The minimum Gasteiger partial charge on any atom is -0.387 e. The number of rotatable bonds is 8. The number of amidine groups is 1. The number of hydrogen-bond acceptors (Lipinski definition) is 10. The van der Waals surface area contributed by atoms with Gasteiger partial charge in [-0.15, -0.1) is 0 Å². The summed E-state index contributed by atoms with van der Waals surface area (Å²) in [6, 6.07) is 4.47. The second-order valence-electron chi connectivity index (χ2n) is 8.47. The third kappa shape index (κ3) is 5.06. The van der Waals surface area contributed by atoms with Gasteiger partial charge in [-0.2, -0.15) is 0 Å². The van der Waals surface area contributed by atoms with Crippen molar-refractivity contribution in [1.29, 1.82) is 0 Å². The number of nitrogens with one attached hydrogen (secondary N) is 3. The number of aliphatic hydroxyl groups is 2. The molecule has 1 aromatic carbocycles. The van der Waals surface area contributed by atoms with Crippen molar-refractivity contribution in [3.05, 3.63) is 34.6 Å². The van der Waals surface area contributed by atoms with Crippen LogP contribution in [-0.4, -0.2) is 103 Å². The Kier molecular flexibility index (Phi) is 7.60. The fourth-order valence-electron chi connectivity index (χ4n) is 4.39. The van der Waals surface area contributed by atoms with Gasteiger partial charge in [-0.1, -0.05) is 17.7 Å². The number of fused-ring (bicyclic) bond motifs is 1. The van der Waals surface area contributed by atoms with Crippen LogP contribution in [0.25, 0.3) is 0 Å². The number of nitrogens with zero attached hydrogens (tertiary/aromatic N) is 3. The molecule has 0 saturated carbocycles. The summed E-state index contributed by atoms with van der Waals surface area (Å²) in [6.07, 6.45) is -3.40. The Morgan fingerprint density at radius 3 is 2.97 bits per heavy atom. The zero-order valence-corrected chi connectivity index (χ0v) is 18.7. The Labute approximate surface area is 191 Å². The summed E-state index contributed by atoms with van der Waals surface area (Å²) in [5.41, 5.74) is 6.53. The lowest BCUT2D eigenvalue weighted by Crippen LogP contribution is -2.59. The van der Waals surface area contributed by atoms with Gasteiger partial charge in [-0.25, -0.2) is 9.29 Å². The first-order chi connectivity index (χ1) is 15.3. The van der Waals surface area contributed by atoms with Crippen LogP contribution in [0.15, 0.2) is 23.2 Å². The van der Waals surface area contributed by atoms with E-state index in [0.717, 1.165) is 0 Å². The average Bonchev–Trinajstić information content (AvgIpc) is 3.30. The number of nitrogens with two attached hydrogens (primary N) is 1. The van der Waals surface area contributed by atoms with Crippen molar-refractivity contribution in [2.24, 2.45) is 10.7 Å². The van der Waals surface area contributed by atoms with Gasteiger partial charge in [0, 0.05) is 36.8 Å². The molecule has 0 aromatic heterocycles. The Balaban J connectivity index is 1.24. The molecule has 10 nitrogen and oxygen atoms in total. The van der Waals surface area contributed by atoms with Crippen LogP contribution in [0.4, 0.5) is 4.39 Å². The van der Waals surface area contributed by atoms with E-state index < -0.39 is 24.5 Å². The molecular formula is C20H31ClFN7O3. The van der Waals surface area contributed by atoms with E-state index in [0.29, 0.717) is 55.9 Å². The zero-order valence-electron chi connectivity index (χ0n) is 17.9. The van der Waals surface area contributed by atoms with Gasteiger partial charge in [0.15, 0.2) is 0 Å². The normalized spacial score (nSPS) is 33.0. The number of likely N-dealkylation sites (N-methyl/N-ethyl adjacent to an activating group) is 1. The molecule has 0 bridgehead atoms. The van der Waals surface area contributed by atoms with Crippen molar-refractivity contribution < 1.29 is 19.3 Å². The maximum absolute atomic E-state index is 13.8. The molecular weight excluding hydrogens is 441 g/mol. The van der Waals surface area contributed by atoms with Crippen LogP contribution in [0.3, 0.4) is 0 Å². The Morgan fingerprint density at radius 1 is 1.38 bits per heavy atom. The van der Waals surface area contributed by atoms with Crippen LogP contribution in [0.2, 0.25) is 5.02 Å². The second-order valence-corrected chi connectivity index (χ2v) is 8.90. The largest absolute Gasteiger partial charge is 0.387 e. The van der Waals surface area contributed by atoms with Crippen LogP contribution in [0.1, 0.15) is 5.56 Å². The highest BCUT2D eigenvalue weighted by molar-refractivity contribution is 6.30. The fraction of sp³-hybridized carbons (Fsp3) is 0.650. The van der Waals surface area contributed by atoms with Crippen LogP contribution >= 0.6 is 11.6 Å². The molecule has 0 aliphatic carbocycles. The summed E-state index contributed by atoms with van der Waals surface area (Å²) < 4.78 is 19.9. The molecule has 178 valence electrons. The Hall–Kier alpha value is -1.41. The van der Waals surface area contributed by atoms with Gasteiger partial charge < -0.3 is 30.9 Å². The highest BCUT2D eigenvalue weighted by atomic mass is 35.5. The standard InChI is InChI=1S/C20H31ClFN7O3/c1-28(5-4-24-7-11-2-3-12(21)6-13(11)22)8-14-16(30)17(31)20(32-14)29-10-27-15-18(23)25-9-26-19(15)29/h2-3,6,14-17,19-20,24,26-27,30-31H,4-5,7-10H2,1H3,(H2,23,25)/t14-,15?,16-,17-,19?,20-/m1/s1. The van der Waals surface area contributed by atoms with Crippen LogP contribution in [0.5, 0.6) is 0 Å². The zero-order chi connectivity index (χ0) is 22.8. The lowest BCUT2D eigenvalue weighted by atomic mass is 10.1. The summed E-state index contributed by atoms with van der Waals surface area (Å²) in [5.74, 6) is 0.187. The van der Waals surface area contributed by atoms with E-state index in [1.807, 2.05) is 16.8 Å². The van der Waals surface area contributed by atoms with Crippen molar-refractivity contribution in [1.82, 2.24) is 25.8 Å². The van der Waals surface area contributed by atoms with Gasteiger partial charge in [0.05, 0.1) is 25.5 Å². The first-order valence-electron chi connectivity index (χ1n) is 10.7. The third-order valence-electron chi connectivity index (χ3n) is 6.20. The molecule has 3 heterocycles. The summed E-state index contributed by atoms with van der Waals surface area (Å²) >= 11 is 5.78. The van der Waals surface area contributed by atoms with Crippen molar-refractivity contribution in [3.63, 3.8) is 0 Å². The lowest BCUT2D eigenvalue weighted by Gasteiger charge is -2.34. The molecule has 3 aliphatic rings. The average molecular weight is 472 g/mol. The van der Waals surface area contributed by atoms with E-state index in [2.05, 4.69) is 20.9 Å². The molecule has 0 amide bonds. The highest BCUT2D eigenvalue weighted by Gasteiger charge is 2.51. The number of ether oxygens (including phenoxy) is 1. The SMILES string of the molecule is CN(CCNCc1ccc(Cl)cc1F)C[C@H]1O[C@@H](N2CNC3C(N)=NCNC32)[C@H](O)[C@@H]1O. The van der Waals surface area contributed by atoms with Crippen LogP contribution in [0, 0.1) is 5.82 Å². The molecule has 0 spiro atoms. The summed E-state index contributed by atoms with van der Waals surface area (Å²) in [4.78, 5) is 8.12. The third-order valence-corrected chi connectivity index (χ3v) is 6.44. The monoisotopic (exact) mass is 471 g/mol. The fourth-order valence-corrected chi connectivity index (χ4v) is 4.55. The molecule has 2 saturated heterocycles. The molecule has 6 atom stereocenters. The van der Waals surface area contributed by atoms with E-state index in [4.69, 9.17) is 22.1 Å². The number of aliphatic hydroxyl groups excluding tert-OH is 2. The molecule has 32 heavy (non-hydrogen) atoms. The van der Waals surface area contributed by atoms with Crippen molar-refractivity contribution in [2.45, 2.75) is 43.3 Å². The van der Waals surface area contributed by atoms with Gasteiger partial charge >= 0.3 is 0 Å². The summed E-state index contributed by atoms with van der Waals surface area (Å²) in [5, 5.41) is 31.3. The molecule has 2 fully saturated rings. The maximum Gasteiger partial charge on any atom is 0.142 e. The summed E-state index contributed by atoms with van der Waals surface area (Å²) in [7, 11) is 1.91. The van der Waals surface area contributed by atoms with Gasteiger partial charge in [-0.05, 0) is 19.2 Å². The number of halogens is 2. The van der Waals surface area contributed by atoms with E-state index in [-0.39, 0.29) is 18.0 Å². The van der Waals surface area contributed by atoms with Crippen LogP contribution in [-0.2, 0) is 11.3 Å². The van der Waals surface area contributed by atoms with Crippen molar-refractivity contribution in [2.75, 3.05) is 40.0 Å². The number of aliphatic imine (C=N–C) groups is 1. The minimum absolute atomic E-state index is 0.157. The molecule has 1 aromatic rings. The molecule has 7 N–H and O–H groups in total. The highest BCUT2D eigenvalue weighted by Crippen LogP contribution is 2.28. The lowest BCUT2D eigenvalue weighted by molar-refractivity contribution is -0.102. The van der Waals surface area contributed by atoms with E-state index in [1.54, 1.807) is 12.1 Å². The molecule has 12 heteroatoms. The Morgan fingerprint density at radius 2 is 2.19 bits per heavy atom. The summed E-state index contributed by atoms with van der Waals surface area (Å²) in [6.45, 7) is 2.97. The smallest absolute Gasteiger partial charge is 0.142 e. The van der Waals surface area contributed by atoms with E-state index >= 15 is 0 Å². The number of hydrogen-bond donors (Lipinski definition) is 6. The molecule has 4 rings (SSSR count).